The smallest absolute Gasteiger partial charge is 0.161 e. The third-order valence-corrected chi connectivity index (χ3v) is 4.49. The zero-order valence-corrected chi connectivity index (χ0v) is 13.0. The molecule has 2 aliphatic heterocycles. The third-order valence-electron chi connectivity index (χ3n) is 4.49. The first-order valence-corrected chi connectivity index (χ1v) is 7.55. The van der Waals surface area contributed by atoms with E-state index in [2.05, 4.69) is 45.1 Å². The highest BCUT2D eigenvalue weighted by atomic mass is 16.5. The number of fused-ring (bicyclic) bond motifs is 1. The molecule has 0 radical (unpaired) electrons. The number of hydrogen-bond donors (Lipinski definition) is 1. The lowest BCUT2D eigenvalue weighted by Crippen LogP contribution is -2.33. The maximum absolute atomic E-state index is 6.01. The van der Waals surface area contributed by atoms with Gasteiger partial charge in [-0.2, -0.15) is 0 Å². The summed E-state index contributed by atoms with van der Waals surface area (Å²) in [6.07, 6.45) is 2.41. The molecule has 1 saturated heterocycles. The molecule has 0 bridgehead atoms. The van der Waals surface area contributed by atoms with Crippen molar-refractivity contribution in [3.8, 4) is 11.5 Å². The Morgan fingerprint density at radius 3 is 2.30 bits per heavy atom. The molecule has 1 atom stereocenters. The number of aryl methyl sites for hydroxylation is 1. The molecule has 1 unspecified atom stereocenters. The summed E-state index contributed by atoms with van der Waals surface area (Å²) in [5, 5.41) is 3.63. The second-order valence-electron chi connectivity index (χ2n) is 7.22. The maximum Gasteiger partial charge on any atom is 0.161 e. The first-order chi connectivity index (χ1) is 9.40. The van der Waals surface area contributed by atoms with Crippen LogP contribution in [0.4, 0.5) is 0 Å². The highest BCUT2D eigenvalue weighted by Crippen LogP contribution is 2.41. The van der Waals surface area contributed by atoms with E-state index in [1.165, 1.54) is 24.0 Å². The summed E-state index contributed by atoms with van der Waals surface area (Å²) in [5.74, 6) is 1.78. The largest absolute Gasteiger partial charge is 0.489 e. The predicted octanol–water partition coefficient (Wildman–Crippen LogP) is 3.39. The summed E-state index contributed by atoms with van der Waals surface area (Å²) >= 11 is 0. The minimum absolute atomic E-state index is 0.0581. The van der Waals surface area contributed by atoms with Crippen molar-refractivity contribution >= 4 is 0 Å². The number of nitrogens with one attached hydrogen (secondary N) is 1. The van der Waals surface area contributed by atoms with Gasteiger partial charge in [-0.25, -0.2) is 0 Å². The molecule has 3 nitrogen and oxygen atoms in total. The summed E-state index contributed by atoms with van der Waals surface area (Å²) < 4.78 is 12.0. The second-order valence-corrected chi connectivity index (χ2v) is 7.22. The molecule has 3 rings (SSSR count). The van der Waals surface area contributed by atoms with Crippen LogP contribution in [0.5, 0.6) is 11.5 Å². The van der Waals surface area contributed by atoms with E-state index < -0.39 is 0 Å². The topological polar surface area (TPSA) is 30.5 Å². The predicted molar refractivity (Wildman–Crippen MR) is 80.5 cm³/mol. The number of rotatable bonds is 1. The summed E-state index contributed by atoms with van der Waals surface area (Å²) in [6, 6.07) is 4.32. The van der Waals surface area contributed by atoms with E-state index in [0.29, 0.717) is 13.2 Å². The van der Waals surface area contributed by atoms with Crippen molar-refractivity contribution in [1.82, 2.24) is 5.32 Å². The van der Waals surface area contributed by atoms with Crippen molar-refractivity contribution in [2.75, 3.05) is 19.8 Å². The van der Waals surface area contributed by atoms with Gasteiger partial charge in [-0.15, -0.1) is 0 Å². The standard InChI is InChI=1S/C17H25NO2/c1-12-8-14-15(20-11-16(2,3)10-19-14)9-13(12)17(4)6-5-7-18-17/h8-9,18H,5-7,10-11H2,1-4H3. The molecular weight excluding hydrogens is 250 g/mol. The van der Waals surface area contributed by atoms with Crippen LogP contribution in [0.3, 0.4) is 0 Å². The molecule has 1 fully saturated rings. The lowest BCUT2D eigenvalue weighted by Gasteiger charge is -2.28. The van der Waals surface area contributed by atoms with E-state index in [1.54, 1.807) is 0 Å². The van der Waals surface area contributed by atoms with Crippen molar-refractivity contribution in [3.63, 3.8) is 0 Å². The molecular formula is C17H25NO2. The van der Waals surface area contributed by atoms with Crippen LogP contribution in [0.1, 0.15) is 44.7 Å². The quantitative estimate of drug-likeness (QED) is 0.852. The van der Waals surface area contributed by atoms with E-state index in [9.17, 15) is 0 Å². The zero-order chi connectivity index (χ0) is 14.4. The molecule has 0 aromatic heterocycles. The van der Waals surface area contributed by atoms with E-state index in [4.69, 9.17) is 9.47 Å². The lowest BCUT2D eigenvalue weighted by atomic mass is 9.87. The van der Waals surface area contributed by atoms with Crippen LogP contribution in [0.25, 0.3) is 0 Å². The molecule has 1 aromatic carbocycles. The molecule has 3 heteroatoms. The van der Waals surface area contributed by atoms with Gasteiger partial charge in [-0.05, 0) is 56.5 Å². The van der Waals surface area contributed by atoms with Gasteiger partial charge in [-0.1, -0.05) is 13.8 Å². The van der Waals surface area contributed by atoms with E-state index in [1.807, 2.05) is 0 Å². The van der Waals surface area contributed by atoms with Gasteiger partial charge in [0.2, 0.25) is 0 Å². The Kier molecular flexibility index (Phi) is 3.20. The Hall–Kier alpha value is -1.22. The molecule has 0 amide bonds. The Morgan fingerprint density at radius 2 is 1.70 bits per heavy atom. The maximum atomic E-state index is 6.01. The average Bonchev–Trinajstić information content (AvgIpc) is 2.76. The molecule has 0 aliphatic carbocycles. The second kappa shape index (κ2) is 4.66. The molecule has 0 spiro atoms. The fraction of sp³-hybridized carbons (Fsp3) is 0.647. The zero-order valence-electron chi connectivity index (χ0n) is 13.0. The Labute approximate surface area is 121 Å². The summed E-state index contributed by atoms with van der Waals surface area (Å²) in [4.78, 5) is 0. The van der Waals surface area contributed by atoms with Gasteiger partial charge in [0.05, 0.1) is 13.2 Å². The van der Waals surface area contributed by atoms with E-state index >= 15 is 0 Å². The van der Waals surface area contributed by atoms with Gasteiger partial charge in [0.25, 0.3) is 0 Å². The van der Waals surface area contributed by atoms with Crippen LogP contribution in [-0.4, -0.2) is 19.8 Å². The first kappa shape index (κ1) is 13.7. The Balaban J connectivity index is 1.98. The minimum atomic E-state index is 0.0581. The molecule has 20 heavy (non-hydrogen) atoms. The van der Waals surface area contributed by atoms with Crippen molar-refractivity contribution < 1.29 is 9.47 Å². The third kappa shape index (κ3) is 2.39. The van der Waals surface area contributed by atoms with E-state index in [0.717, 1.165) is 18.0 Å². The van der Waals surface area contributed by atoms with Crippen molar-refractivity contribution in [1.29, 1.82) is 0 Å². The minimum Gasteiger partial charge on any atom is -0.489 e. The molecule has 2 aliphatic rings. The van der Waals surface area contributed by atoms with Crippen LogP contribution in [0.15, 0.2) is 12.1 Å². The van der Waals surface area contributed by atoms with Crippen molar-refractivity contribution in [2.45, 2.75) is 46.1 Å². The summed E-state index contributed by atoms with van der Waals surface area (Å²) in [7, 11) is 0. The number of ether oxygens (including phenoxy) is 2. The number of benzene rings is 1. The fourth-order valence-electron chi connectivity index (χ4n) is 3.19. The number of hydrogen-bond acceptors (Lipinski definition) is 3. The van der Waals surface area contributed by atoms with Crippen LogP contribution >= 0.6 is 0 Å². The Bertz CT molecular complexity index is 516. The normalized spacial score (nSPS) is 28.2. The molecule has 1 aromatic rings. The Morgan fingerprint density at radius 1 is 1.05 bits per heavy atom. The van der Waals surface area contributed by atoms with Gasteiger partial charge >= 0.3 is 0 Å². The van der Waals surface area contributed by atoms with Crippen LogP contribution in [0.2, 0.25) is 0 Å². The van der Waals surface area contributed by atoms with Crippen LogP contribution in [0, 0.1) is 12.3 Å². The highest BCUT2D eigenvalue weighted by molar-refractivity contribution is 5.50. The average molecular weight is 275 g/mol. The van der Waals surface area contributed by atoms with E-state index in [-0.39, 0.29) is 11.0 Å². The van der Waals surface area contributed by atoms with Gasteiger partial charge in [0.15, 0.2) is 11.5 Å². The van der Waals surface area contributed by atoms with Gasteiger partial charge in [-0.3, -0.25) is 0 Å². The van der Waals surface area contributed by atoms with Gasteiger partial charge in [0.1, 0.15) is 0 Å². The van der Waals surface area contributed by atoms with Gasteiger partial charge in [0, 0.05) is 11.0 Å². The van der Waals surface area contributed by atoms with Gasteiger partial charge < -0.3 is 14.8 Å². The monoisotopic (exact) mass is 275 g/mol. The van der Waals surface area contributed by atoms with Crippen LogP contribution in [-0.2, 0) is 5.54 Å². The molecule has 110 valence electrons. The summed E-state index contributed by atoms with van der Waals surface area (Å²) in [5.41, 5.74) is 2.76. The molecule has 1 N–H and O–H groups in total. The van der Waals surface area contributed by atoms with Crippen LogP contribution < -0.4 is 14.8 Å². The fourth-order valence-corrected chi connectivity index (χ4v) is 3.19. The lowest BCUT2D eigenvalue weighted by molar-refractivity contribution is 0.140. The highest BCUT2D eigenvalue weighted by Gasteiger charge is 2.33. The summed E-state index contributed by atoms with van der Waals surface area (Å²) in [6.45, 7) is 11.3. The molecule has 2 heterocycles. The SMILES string of the molecule is Cc1cc2c(cc1C1(C)CCCN1)OCC(C)(C)CO2. The molecule has 0 saturated carbocycles. The van der Waals surface area contributed by atoms with Crippen molar-refractivity contribution in [3.05, 3.63) is 23.3 Å². The van der Waals surface area contributed by atoms with Crippen molar-refractivity contribution in [2.24, 2.45) is 5.41 Å². The first-order valence-electron chi connectivity index (χ1n) is 7.55.